The number of hydrogen-bond donors (Lipinski definition) is 4. The Morgan fingerprint density at radius 3 is 1.23 bits per heavy atom. The smallest absolute Gasteiger partial charge is 0.331 e. The predicted molar refractivity (Wildman–Crippen MR) is 104 cm³/mol. The molecular formula is C18H36O12. The first-order valence-electron chi connectivity index (χ1n) is 9.21. The van der Waals surface area contributed by atoms with Crippen molar-refractivity contribution in [3.8, 4) is 0 Å². The molecule has 0 bridgehead atoms. The maximum absolute atomic E-state index is 10.2. The second kappa shape index (κ2) is 31.4. The molecule has 30 heavy (non-hydrogen) atoms. The summed E-state index contributed by atoms with van der Waals surface area (Å²) >= 11 is 0. The maximum atomic E-state index is 10.2. The van der Waals surface area contributed by atoms with Crippen LogP contribution in [0.1, 0.15) is 40.0 Å². The average molecular weight is 444 g/mol. The topological polar surface area (TPSA) is 186 Å². The molecule has 180 valence electrons. The predicted octanol–water partition coefficient (Wildman–Crippen LogP) is -1.05. The Morgan fingerprint density at radius 1 is 0.600 bits per heavy atom. The standard InChI is InChI=1S/C6H12O3.C5H10O3.C4H8O3.C3H6O3/c1-2-3-4-9-6(8)5-7;1-2-3-8-5(7)4-6;1-2-7-4(6)3-5;1-6-3(5)2-4/h7H,2-5H2,1H3;6H,2-4H2,1H3;5H,2-3H2,1H3;4H,2H2,1H3. The van der Waals surface area contributed by atoms with Crippen LogP contribution in [0.25, 0.3) is 0 Å². The highest BCUT2D eigenvalue weighted by Crippen LogP contribution is 1.87. The van der Waals surface area contributed by atoms with E-state index in [0.717, 1.165) is 19.3 Å². The molecule has 0 aliphatic carbocycles. The van der Waals surface area contributed by atoms with Crippen LogP contribution in [-0.2, 0) is 38.1 Å². The number of aliphatic hydroxyl groups excluding tert-OH is 4. The summed E-state index contributed by atoms with van der Waals surface area (Å²) in [4.78, 5) is 40.0. The normalized spacial score (nSPS) is 8.53. The van der Waals surface area contributed by atoms with Crippen LogP contribution in [0.5, 0.6) is 0 Å². The van der Waals surface area contributed by atoms with Crippen molar-refractivity contribution in [1.82, 2.24) is 0 Å². The van der Waals surface area contributed by atoms with Gasteiger partial charge in [0.2, 0.25) is 0 Å². The summed E-state index contributed by atoms with van der Waals surface area (Å²) in [5.41, 5.74) is 0. The second-order valence-electron chi connectivity index (χ2n) is 4.81. The van der Waals surface area contributed by atoms with Gasteiger partial charge in [0.25, 0.3) is 0 Å². The molecule has 0 atom stereocenters. The van der Waals surface area contributed by atoms with Gasteiger partial charge in [0.05, 0.1) is 26.9 Å². The highest BCUT2D eigenvalue weighted by Gasteiger charge is 1.96. The molecule has 0 aliphatic rings. The minimum Gasteiger partial charge on any atom is -0.467 e. The van der Waals surface area contributed by atoms with Crippen LogP contribution >= 0.6 is 0 Å². The summed E-state index contributed by atoms with van der Waals surface area (Å²) < 4.78 is 17.3. The van der Waals surface area contributed by atoms with E-state index in [1.165, 1.54) is 7.11 Å². The van der Waals surface area contributed by atoms with E-state index in [1.807, 2.05) is 13.8 Å². The number of methoxy groups -OCH3 is 1. The fraction of sp³-hybridized carbons (Fsp3) is 0.778. The molecule has 0 aromatic carbocycles. The van der Waals surface area contributed by atoms with Crippen molar-refractivity contribution in [2.75, 3.05) is 53.4 Å². The van der Waals surface area contributed by atoms with Crippen molar-refractivity contribution >= 4 is 23.9 Å². The lowest BCUT2D eigenvalue weighted by Crippen LogP contribution is -2.09. The van der Waals surface area contributed by atoms with Gasteiger partial charge in [0.1, 0.15) is 26.4 Å². The number of carbonyl (C=O) groups excluding carboxylic acids is 4. The van der Waals surface area contributed by atoms with Gasteiger partial charge >= 0.3 is 23.9 Å². The maximum Gasteiger partial charge on any atom is 0.331 e. The third-order valence-corrected chi connectivity index (χ3v) is 2.28. The molecule has 0 saturated carbocycles. The monoisotopic (exact) mass is 444 g/mol. The Hall–Kier alpha value is -2.28. The number of ether oxygens (including phenoxy) is 4. The zero-order valence-corrected chi connectivity index (χ0v) is 18.1. The Bertz CT molecular complexity index is 406. The van der Waals surface area contributed by atoms with E-state index in [0.29, 0.717) is 19.8 Å². The fourth-order valence-electron chi connectivity index (χ4n) is 0.909. The molecule has 0 unspecified atom stereocenters. The van der Waals surface area contributed by atoms with Gasteiger partial charge in [0, 0.05) is 0 Å². The highest BCUT2D eigenvalue weighted by atomic mass is 16.6. The lowest BCUT2D eigenvalue weighted by atomic mass is 10.4. The van der Waals surface area contributed by atoms with E-state index in [4.69, 9.17) is 20.4 Å². The first kappa shape index (κ1) is 35.2. The summed E-state index contributed by atoms with van der Waals surface area (Å²) in [6.07, 6.45) is 2.66. The molecular weight excluding hydrogens is 408 g/mol. The fourth-order valence-corrected chi connectivity index (χ4v) is 0.909. The average Bonchev–Trinajstić information content (AvgIpc) is 2.78. The third-order valence-electron chi connectivity index (χ3n) is 2.28. The van der Waals surface area contributed by atoms with Crippen LogP contribution < -0.4 is 0 Å². The number of esters is 4. The number of aliphatic hydroxyl groups is 4. The lowest BCUT2D eigenvalue weighted by Gasteiger charge is -1.98. The van der Waals surface area contributed by atoms with Crippen LogP contribution in [0.3, 0.4) is 0 Å². The molecule has 0 aliphatic heterocycles. The summed E-state index contributed by atoms with van der Waals surface area (Å²) in [7, 11) is 1.22. The first-order valence-corrected chi connectivity index (χ1v) is 9.21. The molecule has 0 spiro atoms. The first-order chi connectivity index (χ1) is 14.2. The molecule has 12 nitrogen and oxygen atoms in total. The molecule has 0 heterocycles. The lowest BCUT2D eigenvalue weighted by molar-refractivity contribution is -0.147. The van der Waals surface area contributed by atoms with Crippen LogP contribution in [0.4, 0.5) is 0 Å². The van der Waals surface area contributed by atoms with Gasteiger partial charge < -0.3 is 39.4 Å². The number of hydrogen-bond acceptors (Lipinski definition) is 12. The quantitative estimate of drug-likeness (QED) is 0.182. The van der Waals surface area contributed by atoms with Crippen molar-refractivity contribution in [1.29, 1.82) is 0 Å². The molecule has 0 aromatic rings. The Labute approximate surface area is 176 Å². The van der Waals surface area contributed by atoms with Crippen molar-refractivity contribution in [3.05, 3.63) is 0 Å². The van der Waals surface area contributed by atoms with Gasteiger partial charge in [-0.3, -0.25) is 0 Å². The molecule has 4 N–H and O–H groups in total. The molecule has 0 rings (SSSR count). The van der Waals surface area contributed by atoms with E-state index in [-0.39, 0.29) is 0 Å². The van der Waals surface area contributed by atoms with Crippen molar-refractivity contribution < 1.29 is 58.6 Å². The van der Waals surface area contributed by atoms with E-state index in [1.54, 1.807) is 6.92 Å². The van der Waals surface area contributed by atoms with E-state index in [9.17, 15) is 19.2 Å². The summed E-state index contributed by atoms with van der Waals surface area (Å²) in [5.74, 6) is -2.26. The summed E-state index contributed by atoms with van der Waals surface area (Å²) in [5, 5.41) is 32.1. The molecule has 0 saturated heterocycles. The summed E-state index contributed by atoms with van der Waals surface area (Å²) in [6, 6.07) is 0. The van der Waals surface area contributed by atoms with Gasteiger partial charge in [-0.05, 0) is 19.8 Å². The second-order valence-corrected chi connectivity index (χ2v) is 4.81. The van der Waals surface area contributed by atoms with Gasteiger partial charge in [0.15, 0.2) is 0 Å². The van der Waals surface area contributed by atoms with Crippen molar-refractivity contribution in [3.63, 3.8) is 0 Å². The molecule has 12 heteroatoms. The van der Waals surface area contributed by atoms with Crippen molar-refractivity contribution in [2.45, 2.75) is 40.0 Å². The minimum atomic E-state index is -0.602. The minimum absolute atomic E-state index is 0.333. The number of carbonyl (C=O) groups is 4. The van der Waals surface area contributed by atoms with Gasteiger partial charge in [-0.1, -0.05) is 20.3 Å². The van der Waals surface area contributed by atoms with Gasteiger partial charge in [-0.25, -0.2) is 19.2 Å². The number of unbranched alkanes of at least 4 members (excludes halogenated alkanes) is 1. The van der Waals surface area contributed by atoms with E-state index < -0.39 is 50.3 Å². The van der Waals surface area contributed by atoms with E-state index >= 15 is 0 Å². The summed E-state index contributed by atoms with van der Waals surface area (Å²) in [6.45, 7) is 4.67. The van der Waals surface area contributed by atoms with Gasteiger partial charge in [-0.2, -0.15) is 0 Å². The zero-order chi connectivity index (χ0) is 24.2. The van der Waals surface area contributed by atoms with Crippen LogP contribution in [0.2, 0.25) is 0 Å². The molecule has 0 aromatic heterocycles. The van der Waals surface area contributed by atoms with Crippen LogP contribution in [-0.4, -0.2) is 97.7 Å². The Morgan fingerprint density at radius 2 is 1.00 bits per heavy atom. The molecule has 0 radical (unpaired) electrons. The van der Waals surface area contributed by atoms with Crippen molar-refractivity contribution in [2.24, 2.45) is 0 Å². The number of rotatable bonds is 10. The zero-order valence-electron chi connectivity index (χ0n) is 18.1. The molecule has 0 fully saturated rings. The largest absolute Gasteiger partial charge is 0.467 e. The Balaban J connectivity index is -0.000000152. The highest BCUT2D eigenvalue weighted by molar-refractivity contribution is 5.71. The third kappa shape index (κ3) is 40.4. The Kier molecular flexibility index (Phi) is 36.8. The van der Waals surface area contributed by atoms with Gasteiger partial charge in [-0.15, -0.1) is 0 Å². The molecule has 0 amide bonds. The van der Waals surface area contributed by atoms with Crippen LogP contribution in [0, 0.1) is 0 Å². The SMILES string of the molecule is CCCCOC(=O)CO.CCCOC(=O)CO.CCOC(=O)CO.COC(=O)CO. The van der Waals surface area contributed by atoms with E-state index in [2.05, 4.69) is 18.9 Å². The van der Waals surface area contributed by atoms with Crippen LogP contribution in [0.15, 0.2) is 0 Å².